The second-order valence-electron chi connectivity index (χ2n) is 6.72. The number of benzene rings is 2. The minimum Gasteiger partial charge on any atom is -0.493 e. The third-order valence-electron chi connectivity index (χ3n) is 5.22. The number of hydrogen-bond donors (Lipinski definition) is 2. The second kappa shape index (κ2) is 6.01. The van der Waals surface area contributed by atoms with Crippen LogP contribution in [0.5, 0.6) is 5.88 Å². The summed E-state index contributed by atoms with van der Waals surface area (Å²) >= 11 is 0. The average Bonchev–Trinajstić information content (AvgIpc) is 2.96. The van der Waals surface area contributed by atoms with Gasteiger partial charge in [0.05, 0.1) is 5.52 Å². The maximum atomic E-state index is 11.3. The van der Waals surface area contributed by atoms with E-state index in [4.69, 9.17) is 0 Å². The molecule has 0 atom stereocenters. The van der Waals surface area contributed by atoms with Crippen molar-refractivity contribution in [2.24, 2.45) is 5.18 Å². The largest absolute Gasteiger partial charge is 0.493 e. The molecule has 0 aliphatic carbocycles. The first kappa shape index (κ1) is 15.8. The summed E-state index contributed by atoms with van der Waals surface area (Å²) in [6.45, 7) is 3.93. The highest BCUT2D eigenvalue weighted by atomic mass is 16.3. The standard InChI is InChI=1S/C20H21N3O2/c1-3-12-6-4-5-7-13(12)15-10-16-18(21-20(24)19(16)22-25)17-11-23(2)9-8-14(15)17/h4-7,10,21,24H,3,8-9,11H2,1-2H3. The Hall–Kier alpha value is -2.66. The summed E-state index contributed by atoms with van der Waals surface area (Å²) in [6.07, 6.45) is 1.89. The molecule has 2 aromatic carbocycles. The van der Waals surface area contributed by atoms with Crippen molar-refractivity contribution in [3.8, 4) is 17.0 Å². The highest BCUT2D eigenvalue weighted by Crippen LogP contribution is 2.43. The van der Waals surface area contributed by atoms with Crippen LogP contribution in [0.4, 0.5) is 5.69 Å². The summed E-state index contributed by atoms with van der Waals surface area (Å²) in [4.78, 5) is 16.5. The Morgan fingerprint density at radius 3 is 2.80 bits per heavy atom. The van der Waals surface area contributed by atoms with Crippen LogP contribution >= 0.6 is 0 Å². The van der Waals surface area contributed by atoms with Gasteiger partial charge in [0.25, 0.3) is 0 Å². The van der Waals surface area contributed by atoms with Crippen LogP contribution in [-0.2, 0) is 19.4 Å². The first-order valence-corrected chi connectivity index (χ1v) is 8.63. The molecule has 0 amide bonds. The van der Waals surface area contributed by atoms with Crippen molar-refractivity contribution in [3.63, 3.8) is 0 Å². The number of fused-ring (bicyclic) bond motifs is 3. The molecule has 0 bridgehead atoms. The van der Waals surface area contributed by atoms with E-state index in [0.29, 0.717) is 5.39 Å². The Labute approximate surface area is 146 Å². The number of aromatic nitrogens is 1. The number of H-pyrrole nitrogens is 1. The highest BCUT2D eigenvalue weighted by Gasteiger charge is 2.25. The predicted octanol–water partition coefficient (Wildman–Crippen LogP) is 4.49. The molecule has 4 rings (SSSR count). The number of rotatable bonds is 3. The lowest BCUT2D eigenvalue weighted by atomic mass is 9.86. The summed E-state index contributed by atoms with van der Waals surface area (Å²) in [6, 6.07) is 10.4. The van der Waals surface area contributed by atoms with E-state index in [-0.39, 0.29) is 11.6 Å². The molecular weight excluding hydrogens is 314 g/mol. The summed E-state index contributed by atoms with van der Waals surface area (Å²) < 4.78 is 0. The molecule has 1 aliphatic heterocycles. The number of nitroso groups, excluding NO2 is 1. The van der Waals surface area contributed by atoms with Gasteiger partial charge < -0.3 is 15.0 Å². The lowest BCUT2D eigenvalue weighted by molar-refractivity contribution is 0.314. The number of aryl methyl sites for hydroxylation is 1. The second-order valence-corrected chi connectivity index (χ2v) is 6.72. The molecule has 1 aromatic heterocycles. The van der Waals surface area contributed by atoms with Crippen LogP contribution in [0.3, 0.4) is 0 Å². The molecule has 0 radical (unpaired) electrons. The van der Waals surface area contributed by atoms with Crippen LogP contribution in [0, 0.1) is 4.91 Å². The third kappa shape index (κ3) is 2.43. The van der Waals surface area contributed by atoms with E-state index >= 15 is 0 Å². The fourth-order valence-corrected chi connectivity index (χ4v) is 3.95. The van der Waals surface area contributed by atoms with E-state index in [1.807, 2.05) is 12.1 Å². The average molecular weight is 335 g/mol. The minimum atomic E-state index is -0.152. The zero-order valence-electron chi connectivity index (χ0n) is 14.5. The monoisotopic (exact) mass is 335 g/mol. The SMILES string of the molecule is CCc1ccccc1-c1cc2c(N=O)c(O)[nH]c2c2c1CCN(C)C2. The van der Waals surface area contributed by atoms with Crippen molar-refractivity contribution in [2.45, 2.75) is 26.3 Å². The van der Waals surface area contributed by atoms with E-state index in [1.165, 1.54) is 16.7 Å². The van der Waals surface area contributed by atoms with Gasteiger partial charge in [-0.25, -0.2) is 0 Å². The Bertz CT molecular complexity index is 975. The van der Waals surface area contributed by atoms with Gasteiger partial charge in [-0.15, -0.1) is 4.91 Å². The van der Waals surface area contributed by atoms with Crippen LogP contribution in [0.25, 0.3) is 22.0 Å². The number of hydrogen-bond acceptors (Lipinski definition) is 4. The van der Waals surface area contributed by atoms with Crippen LogP contribution in [0.15, 0.2) is 35.5 Å². The third-order valence-corrected chi connectivity index (χ3v) is 5.22. The lowest BCUT2D eigenvalue weighted by Crippen LogP contribution is -2.27. The number of nitrogens with zero attached hydrogens (tertiary/aromatic N) is 2. The molecule has 0 saturated carbocycles. The first-order valence-electron chi connectivity index (χ1n) is 8.63. The first-order chi connectivity index (χ1) is 12.1. The summed E-state index contributed by atoms with van der Waals surface area (Å²) in [5, 5.41) is 13.9. The highest BCUT2D eigenvalue weighted by molar-refractivity contribution is 6.00. The van der Waals surface area contributed by atoms with Crippen molar-refractivity contribution < 1.29 is 5.11 Å². The molecule has 2 N–H and O–H groups in total. The zero-order chi connectivity index (χ0) is 17.6. The van der Waals surface area contributed by atoms with Gasteiger partial charge in [0.1, 0.15) is 0 Å². The molecule has 0 fully saturated rings. The molecule has 0 unspecified atom stereocenters. The van der Waals surface area contributed by atoms with E-state index in [2.05, 4.69) is 47.2 Å². The molecule has 0 spiro atoms. The van der Waals surface area contributed by atoms with E-state index in [9.17, 15) is 10.0 Å². The summed E-state index contributed by atoms with van der Waals surface area (Å²) in [5.41, 5.74) is 7.00. The molecule has 2 heterocycles. The van der Waals surface area contributed by atoms with E-state index < -0.39 is 0 Å². The molecule has 0 saturated heterocycles. The Balaban J connectivity index is 2.09. The smallest absolute Gasteiger partial charge is 0.219 e. The number of aromatic hydroxyl groups is 1. The van der Waals surface area contributed by atoms with Crippen molar-refractivity contribution in [2.75, 3.05) is 13.6 Å². The topological polar surface area (TPSA) is 68.7 Å². The van der Waals surface area contributed by atoms with E-state index in [1.54, 1.807) is 0 Å². The summed E-state index contributed by atoms with van der Waals surface area (Å²) in [5.74, 6) is -0.152. The van der Waals surface area contributed by atoms with Gasteiger partial charge in [-0.3, -0.25) is 0 Å². The molecule has 1 aliphatic rings. The van der Waals surface area contributed by atoms with Gasteiger partial charge in [0, 0.05) is 18.5 Å². The van der Waals surface area contributed by atoms with Crippen molar-refractivity contribution in [1.29, 1.82) is 0 Å². The van der Waals surface area contributed by atoms with Crippen molar-refractivity contribution >= 4 is 16.6 Å². The van der Waals surface area contributed by atoms with Gasteiger partial charge in [0.15, 0.2) is 5.69 Å². The summed E-state index contributed by atoms with van der Waals surface area (Å²) in [7, 11) is 2.09. The quantitative estimate of drug-likeness (QED) is 0.693. The molecule has 5 nitrogen and oxygen atoms in total. The van der Waals surface area contributed by atoms with Gasteiger partial charge in [-0.2, -0.15) is 0 Å². The fourth-order valence-electron chi connectivity index (χ4n) is 3.95. The van der Waals surface area contributed by atoms with Gasteiger partial charge in [-0.05, 0) is 58.9 Å². The normalized spacial score (nSPS) is 14.6. The molecular formula is C20H21N3O2. The van der Waals surface area contributed by atoms with Crippen molar-refractivity contribution in [1.82, 2.24) is 9.88 Å². The molecule has 128 valence electrons. The van der Waals surface area contributed by atoms with Crippen LogP contribution in [0.1, 0.15) is 23.6 Å². The Morgan fingerprint density at radius 2 is 2.04 bits per heavy atom. The number of nitrogens with one attached hydrogen (secondary N) is 1. The maximum Gasteiger partial charge on any atom is 0.219 e. The van der Waals surface area contributed by atoms with Crippen LogP contribution < -0.4 is 0 Å². The molecule has 3 aromatic rings. The Kier molecular flexibility index (Phi) is 3.81. The number of likely N-dealkylation sites (N-methyl/N-ethyl adjacent to an activating group) is 1. The lowest BCUT2D eigenvalue weighted by Gasteiger charge is -2.28. The van der Waals surface area contributed by atoms with Gasteiger partial charge in [-0.1, -0.05) is 31.2 Å². The van der Waals surface area contributed by atoms with Crippen LogP contribution in [0.2, 0.25) is 0 Å². The fraction of sp³-hybridized carbons (Fsp3) is 0.300. The Morgan fingerprint density at radius 1 is 1.24 bits per heavy atom. The van der Waals surface area contributed by atoms with Crippen molar-refractivity contribution in [3.05, 3.63) is 51.9 Å². The maximum absolute atomic E-state index is 11.3. The predicted molar refractivity (Wildman–Crippen MR) is 100 cm³/mol. The van der Waals surface area contributed by atoms with E-state index in [0.717, 1.165) is 42.6 Å². The molecule has 25 heavy (non-hydrogen) atoms. The van der Waals surface area contributed by atoms with Gasteiger partial charge >= 0.3 is 0 Å². The number of aromatic amines is 1. The van der Waals surface area contributed by atoms with Crippen LogP contribution in [-0.4, -0.2) is 28.6 Å². The minimum absolute atomic E-state index is 0.0984. The zero-order valence-corrected chi connectivity index (χ0v) is 14.5. The van der Waals surface area contributed by atoms with Gasteiger partial charge in [0.2, 0.25) is 5.88 Å². The molecule has 5 heteroatoms.